The van der Waals surface area contributed by atoms with Crippen molar-refractivity contribution in [3.63, 3.8) is 0 Å². The summed E-state index contributed by atoms with van der Waals surface area (Å²) in [5, 5.41) is 11.2. The van der Waals surface area contributed by atoms with Gasteiger partial charge in [-0.15, -0.1) is 0 Å². The van der Waals surface area contributed by atoms with Gasteiger partial charge in [0, 0.05) is 26.1 Å². The number of benzene rings is 1. The maximum atomic E-state index is 13.1. The van der Waals surface area contributed by atoms with Crippen LogP contribution >= 0.6 is 0 Å². The summed E-state index contributed by atoms with van der Waals surface area (Å²) in [6.45, 7) is 2.92. The van der Waals surface area contributed by atoms with Crippen LogP contribution in [0.5, 0.6) is 0 Å². The highest BCUT2D eigenvalue weighted by Gasteiger charge is 2.38. The summed E-state index contributed by atoms with van der Waals surface area (Å²) in [6, 6.07) is 7.03. The van der Waals surface area contributed by atoms with E-state index in [4.69, 9.17) is 5.41 Å². The Morgan fingerprint density at radius 3 is 2.36 bits per heavy atom. The van der Waals surface area contributed by atoms with E-state index in [1.165, 1.54) is 24.1 Å². The second kappa shape index (κ2) is 8.94. The lowest BCUT2D eigenvalue weighted by atomic mass is 10.1. The number of carbonyl (C=O) groups excluding carboxylic acids is 1. The van der Waals surface area contributed by atoms with Gasteiger partial charge in [-0.3, -0.25) is 10.2 Å². The lowest BCUT2D eigenvalue weighted by Gasteiger charge is -2.29. The van der Waals surface area contributed by atoms with Gasteiger partial charge in [0.05, 0.1) is 11.4 Å². The molecule has 0 bridgehead atoms. The fraction of sp³-hybridized carbons (Fsp3) is 0.600. The van der Waals surface area contributed by atoms with Crippen molar-refractivity contribution in [3.05, 3.63) is 29.8 Å². The molecule has 0 aromatic heterocycles. The molecule has 2 N–H and O–H groups in total. The van der Waals surface area contributed by atoms with E-state index in [1.807, 2.05) is 4.90 Å². The zero-order chi connectivity index (χ0) is 20.1. The van der Waals surface area contributed by atoms with Crippen LogP contribution in [0.4, 0.5) is 0 Å². The third-order valence-corrected chi connectivity index (χ3v) is 7.42. The van der Waals surface area contributed by atoms with Crippen LogP contribution in [0.3, 0.4) is 0 Å². The van der Waals surface area contributed by atoms with Crippen molar-refractivity contribution in [1.29, 1.82) is 5.41 Å². The summed E-state index contributed by atoms with van der Waals surface area (Å²) < 4.78 is 27.4. The van der Waals surface area contributed by atoms with E-state index in [9.17, 15) is 13.2 Å². The van der Waals surface area contributed by atoms with Crippen molar-refractivity contribution in [2.75, 3.05) is 19.6 Å². The Bertz CT molecular complexity index is 799. The molecule has 1 aromatic carbocycles. The number of nitrogens with one attached hydrogen (secondary N) is 2. The third-order valence-electron chi connectivity index (χ3n) is 5.62. The van der Waals surface area contributed by atoms with E-state index in [1.54, 1.807) is 24.3 Å². The average Bonchev–Trinajstić information content (AvgIpc) is 2.88. The van der Waals surface area contributed by atoms with Gasteiger partial charge in [0.1, 0.15) is 0 Å². The first-order valence-electron chi connectivity index (χ1n) is 10.1. The third kappa shape index (κ3) is 4.66. The first-order valence-corrected chi connectivity index (χ1v) is 11.5. The first-order chi connectivity index (χ1) is 13.4. The lowest BCUT2D eigenvalue weighted by Crippen LogP contribution is -2.41. The van der Waals surface area contributed by atoms with Crippen molar-refractivity contribution in [1.82, 2.24) is 14.5 Å². The molecule has 1 saturated carbocycles. The van der Waals surface area contributed by atoms with Crippen LogP contribution < -0.4 is 5.32 Å². The van der Waals surface area contributed by atoms with Crippen LogP contribution in [0, 0.1) is 5.41 Å². The number of hydrogen-bond acceptors (Lipinski definition) is 4. The molecular weight excluding hydrogens is 376 g/mol. The topological polar surface area (TPSA) is 93.6 Å². The minimum atomic E-state index is -3.72. The van der Waals surface area contributed by atoms with Gasteiger partial charge in [-0.05, 0) is 37.0 Å². The fourth-order valence-electron chi connectivity index (χ4n) is 4.05. The number of hydrogen-bond donors (Lipinski definition) is 2. The molecule has 154 valence electrons. The van der Waals surface area contributed by atoms with E-state index in [0.29, 0.717) is 26.1 Å². The van der Waals surface area contributed by atoms with Crippen LogP contribution in [0.2, 0.25) is 0 Å². The summed E-state index contributed by atoms with van der Waals surface area (Å²) in [4.78, 5) is 13.1. The zero-order valence-electron chi connectivity index (χ0n) is 16.5. The van der Waals surface area contributed by atoms with E-state index < -0.39 is 10.0 Å². The Labute approximate surface area is 167 Å². The Balaban J connectivity index is 1.67. The molecular formula is C20H30N4O3S. The van der Waals surface area contributed by atoms with E-state index >= 15 is 0 Å². The number of carbonyl (C=O) groups is 1. The van der Waals surface area contributed by atoms with Crippen LogP contribution in [0.15, 0.2) is 29.2 Å². The fourth-order valence-corrected chi connectivity index (χ4v) is 5.44. The van der Waals surface area contributed by atoms with Gasteiger partial charge < -0.3 is 10.2 Å². The Kier molecular flexibility index (Phi) is 6.59. The van der Waals surface area contributed by atoms with Gasteiger partial charge in [0.2, 0.25) is 11.9 Å². The molecule has 1 saturated heterocycles. The maximum absolute atomic E-state index is 13.1. The normalized spacial score (nSPS) is 19.0. The SMILES string of the molecule is CC(=O)NCCc1ccc(S(=O)(=O)N2CCN(C3CCCCCC3)C2=N)cc1. The highest BCUT2D eigenvalue weighted by molar-refractivity contribution is 7.89. The predicted octanol–water partition coefficient (Wildman–Crippen LogP) is 2.33. The smallest absolute Gasteiger partial charge is 0.266 e. The summed E-state index contributed by atoms with van der Waals surface area (Å²) in [5.74, 6) is 0.0339. The monoisotopic (exact) mass is 406 g/mol. The minimum absolute atomic E-state index is 0.0787. The molecule has 28 heavy (non-hydrogen) atoms. The number of amides is 1. The molecule has 2 fully saturated rings. The summed E-state index contributed by atoms with van der Waals surface area (Å²) >= 11 is 0. The molecule has 3 rings (SSSR count). The van der Waals surface area contributed by atoms with Crippen molar-refractivity contribution in [2.45, 2.75) is 62.8 Å². The standard InChI is InChI=1S/C20H30N4O3S/c1-16(25)22-13-12-17-8-10-19(11-9-17)28(26,27)24-15-14-23(20(24)21)18-6-4-2-3-5-7-18/h8-11,18,21H,2-7,12-15H2,1H3,(H,22,25). The van der Waals surface area contributed by atoms with E-state index in [0.717, 1.165) is 31.2 Å². The molecule has 0 atom stereocenters. The Morgan fingerprint density at radius 2 is 1.75 bits per heavy atom. The molecule has 1 aliphatic carbocycles. The van der Waals surface area contributed by atoms with Gasteiger partial charge in [-0.1, -0.05) is 37.8 Å². The van der Waals surface area contributed by atoms with Crippen molar-refractivity contribution >= 4 is 21.9 Å². The van der Waals surface area contributed by atoms with Crippen LogP contribution in [0.25, 0.3) is 0 Å². The second-order valence-corrected chi connectivity index (χ2v) is 9.48. The minimum Gasteiger partial charge on any atom is -0.356 e. The molecule has 1 amide bonds. The second-order valence-electron chi connectivity index (χ2n) is 7.62. The molecule has 1 aliphatic heterocycles. The Hall–Kier alpha value is -2.09. The van der Waals surface area contributed by atoms with Crippen molar-refractivity contribution in [2.24, 2.45) is 0 Å². The average molecular weight is 407 g/mol. The van der Waals surface area contributed by atoms with Gasteiger partial charge in [-0.2, -0.15) is 0 Å². The number of nitrogens with zero attached hydrogens (tertiary/aromatic N) is 2. The van der Waals surface area contributed by atoms with Crippen molar-refractivity contribution < 1.29 is 13.2 Å². The quantitative estimate of drug-likeness (QED) is 0.709. The predicted molar refractivity (Wildman–Crippen MR) is 109 cm³/mol. The number of sulfonamides is 1. The van der Waals surface area contributed by atoms with Crippen LogP contribution in [-0.2, 0) is 21.2 Å². The van der Waals surface area contributed by atoms with Gasteiger partial charge in [0.25, 0.3) is 10.0 Å². The molecule has 0 unspecified atom stereocenters. The summed E-state index contributed by atoms with van der Waals surface area (Å²) in [6.07, 6.45) is 7.50. The highest BCUT2D eigenvalue weighted by atomic mass is 32.2. The van der Waals surface area contributed by atoms with Crippen LogP contribution in [0.1, 0.15) is 51.0 Å². The molecule has 8 heteroatoms. The molecule has 1 aromatic rings. The van der Waals surface area contributed by atoms with Crippen molar-refractivity contribution in [3.8, 4) is 0 Å². The lowest BCUT2D eigenvalue weighted by molar-refractivity contribution is -0.118. The molecule has 7 nitrogen and oxygen atoms in total. The first kappa shape index (κ1) is 20.6. The van der Waals surface area contributed by atoms with Gasteiger partial charge >= 0.3 is 0 Å². The molecule has 0 spiro atoms. The Morgan fingerprint density at radius 1 is 1.11 bits per heavy atom. The number of guanidine groups is 1. The number of rotatable bonds is 6. The van der Waals surface area contributed by atoms with Gasteiger partial charge in [0.15, 0.2) is 0 Å². The molecule has 2 aliphatic rings. The molecule has 1 heterocycles. The zero-order valence-corrected chi connectivity index (χ0v) is 17.3. The summed E-state index contributed by atoms with van der Waals surface area (Å²) in [7, 11) is -3.72. The summed E-state index contributed by atoms with van der Waals surface area (Å²) in [5.41, 5.74) is 0.962. The van der Waals surface area contributed by atoms with Gasteiger partial charge in [-0.25, -0.2) is 12.7 Å². The van der Waals surface area contributed by atoms with E-state index in [2.05, 4.69) is 5.32 Å². The van der Waals surface area contributed by atoms with Crippen LogP contribution in [-0.4, -0.2) is 55.2 Å². The molecule has 0 radical (unpaired) electrons. The maximum Gasteiger partial charge on any atom is 0.266 e. The highest BCUT2D eigenvalue weighted by Crippen LogP contribution is 2.27. The van der Waals surface area contributed by atoms with E-state index in [-0.39, 0.29) is 22.8 Å². The largest absolute Gasteiger partial charge is 0.356 e.